The summed E-state index contributed by atoms with van der Waals surface area (Å²) in [7, 11) is 0. The summed E-state index contributed by atoms with van der Waals surface area (Å²) in [6.45, 7) is 5.98. The highest BCUT2D eigenvalue weighted by atomic mass is 19.1. The SMILES string of the molecule is CCC1CCCCN1CCCNC(=O)c1ccc2c(c1)C(=O)N(Cc1ccc(F)cc1)C2. The van der Waals surface area contributed by atoms with Crippen LogP contribution in [0.1, 0.15) is 70.9 Å². The molecule has 2 heterocycles. The molecule has 0 aliphatic carbocycles. The molecule has 6 heteroatoms. The van der Waals surface area contributed by atoms with Gasteiger partial charge in [-0.25, -0.2) is 4.39 Å². The summed E-state index contributed by atoms with van der Waals surface area (Å²) in [4.78, 5) is 29.8. The summed E-state index contributed by atoms with van der Waals surface area (Å²) in [6.07, 6.45) is 5.99. The predicted octanol–water partition coefficient (Wildman–Crippen LogP) is 4.37. The van der Waals surface area contributed by atoms with Crippen molar-refractivity contribution in [2.45, 2.75) is 58.2 Å². The average Bonchev–Trinajstić information content (AvgIpc) is 3.12. The maximum atomic E-state index is 13.1. The van der Waals surface area contributed by atoms with Crippen molar-refractivity contribution >= 4 is 11.8 Å². The lowest BCUT2D eigenvalue weighted by atomic mass is 10.00. The fourth-order valence-electron chi connectivity index (χ4n) is 4.84. The van der Waals surface area contributed by atoms with Gasteiger partial charge in [-0.3, -0.25) is 9.59 Å². The Balaban J connectivity index is 1.29. The van der Waals surface area contributed by atoms with Gasteiger partial charge >= 0.3 is 0 Å². The third kappa shape index (κ3) is 5.18. The zero-order valence-electron chi connectivity index (χ0n) is 18.8. The second-order valence-electron chi connectivity index (χ2n) is 8.86. The van der Waals surface area contributed by atoms with Gasteiger partial charge in [-0.15, -0.1) is 0 Å². The summed E-state index contributed by atoms with van der Waals surface area (Å²) in [5, 5.41) is 3.01. The standard InChI is InChI=1S/C26H32FN3O2/c1-2-23-6-3-4-14-29(23)15-5-13-28-25(31)20-9-10-21-18-30(26(32)24(21)16-20)17-19-7-11-22(27)12-8-19/h7-12,16,23H,2-6,13-15,17-18H2,1H3,(H,28,31). The Labute approximate surface area is 189 Å². The number of nitrogens with zero attached hydrogens (tertiary/aromatic N) is 2. The Bertz CT molecular complexity index is 960. The lowest BCUT2D eigenvalue weighted by molar-refractivity contribution is 0.0766. The molecule has 32 heavy (non-hydrogen) atoms. The van der Waals surface area contributed by atoms with Gasteiger partial charge in [0.2, 0.25) is 0 Å². The first kappa shape index (κ1) is 22.5. The second-order valence-corrected chi connectivity index (χ2v) is 8.86. The van der Waals surface area contributed by atoms with E-state index < -0.39 is 0 Å². The molecular formula is C26H32FN3O2. The Hall–Kier alpha value is -2.73. The van der Waals surface area contributed by atoms with Gasteiger partial charge in [0.05, 0.1) is 0 Å². The Morgan fingerprint density at radius 1 is 1.16 bits per heavy atom. The van der Waals surface area contributed by atoms with Crippen molar-refractivity contribution in [1.82, 2.24) is 15.1 Å². The van der Waals surface area contributed by atoms with Crippen LogP contribution in [0.3, 0.4) is 0 Å². The lowest BCUT2D eigenvalue weighted by Gasteiger charge is -2.35. The Morgan fingerprint density at radius 3 is 2.75 bits per heavy atom. The molecule has 2 amide bonds. The monoisotopic (exact) mass is 437 g/mol. The molecular weight excluding hydrogens is 405 g/mol. The number of hydrogen-bond acceptors (Lipinski definition) is 3. The van der Waals surface area contributed by atoms with Crippen molar-refractivity contribution in [1.29, 1.82) is 0 Å². The molecule has 0 spiro atoms. The number of piperidine rings is 1. The van der Waals surface area contributed by atoms with E-state index in [9.17, 15) is 14.0 Å². The molecule has 0 aromatic heterocycles. The molecule has 0 radical (unpaired) electrons. The van der Waals surface area contributed by atoms with Crippen LogP contribution in [0.25, 0.3) is 0 Å². The van der Waals surface area contributed by atoms with Crippen molar-refractivity contribution in [2.24, 2.45) is 0 Å². The highest BCUT2D eigenvalue weighted by molar-refractivity contribution is 6.02. The van der Waals surface area contributed by atoms with Crippen molar-refractivity contribution < 1.29 is 14.0 Å². The summed E-state index contributed by atoms with van der Waals surface area (Å²) in [5.74, 6) is -0.514. The third-order valence-electron chi connectivity index (χ3n) is 6.67. The fourth-order valence-corrected chi connectivity index (χ4v) is 4.84. The van der Waals surface area contributed by atoms with E-state index in [1.54, 1.807) is 29.2 Å². The number of likely N-dealkylation sites (tertiary alicyclic amines) is 1. The van der Waals surface area contributed by atoms with E-state index >= 15 is 0 Å². The van der Waals surface area contributed by atoms with Crippen LogP contribution in [0.4, 0.5) is 4.39 Å². The van der Waals surface area contributed by atoms with Crippen LogP contribution in [0.5, 0.6) is 0 Å². The van der Waals surface area contributed by atoms with Crippen molar-refractivity contribution in [3.63, 3.8) is 0 Å². The van der Waals surface area contributed by atoms with Gasteiger partial charge in [0, 0.05) is 43.3 Å². The fraction of sp³-hybridized carbons (Fsp3) is 0.462. The number of hydrogen-bond donors (Lipinski definition) is 1. The molecule has 0 saturated carbocycles. The maximum absolute atomic E-state index is 13.1. The first-order valence-corrected chi connectivity index (χ1v) is 11.7. The number of benzene rings is 2. The van der Waals surface area contributed by atoms with E-state index in [4.69, 9.17) is 0 Å². The molecule has 170 valence electrons. The molecule has 1 unspecified atom stereocenters. The summed E-state index contributed by atoms with van der Waals surface area (Å²) in [6, 6.07) is 12.2. The lowest BCUT2D eigenvalue weighted by Crippen LogP contribution is -2.40. The first-order valence-electron chi connectivity index (χ1n) is 11.7. The zero-order chi connectivity index (χ0) is 22.5. The molecule has 2 aromatic rings. The molecule has 2 aliphatic rings. The van der Waals surface area contributed by atoms with Crippen LogP contribution < -0.4 is 5.32 Å². The smallest absolute Gasteiger partial charge is 0.254 e. The minimum Gasteiger partial charge on any atom is -0.352 e. The van der Waals surface area contributed by atoms with Crippen LogP contribution in [-0.4, -0.2) is 47.3 Å². The highest BCUT2D eigenvalue weighted by Crippen LogP contribution is 2.26. The van der Waals surface area contributed by atoms with E-state index in [1.807, 2.05) is 6.07 Å². The molecule has 2 aromatic carbocycles. The van der Waals surface area contributed by atoms with E-state index in [0.29, 0.717) is 36.8 Å². The molecule has 1 saturated heterocycles. The predicted molar refractivity (Wildman–Crippen MR) is 123 cm³/mol. The highest BCUT2D eigenvalue weighted by Gasteiger charge is 2.28. The van der Waals surface area contributed by atoms with Crippen molar-refractivity contribution in [3.8, 4) is 0 Å². The van der Waals surface area contributed by atoms with E-state index in [0.717, 1.165) is 30.6 Å². The third-order valence-corrected chi connectivity index (χ3v) is 6.67. The minimum atomic E-state index is -0.290. The number of fused-ring (bicyclic) bond motifs is 1. The van der Waals surface area contributed by atoms with Gasteiger partial charge in [-0.05, 0) is 67.6 Å². The quantitative estimate of drug-likeness (QED) is 0.624. The molecule has 5 nitrogen and oxygen atoms in total. The minimum absolute atomic E-state index is 0.0883. The van der Waals surface area contributed by atoms with Gasteiger partial charge in [0.1, 0.15) is 5.82 Å². The normalized spacial score (nSPS) is 18.6. The summed E-state index contributed by atoms with van der Waals surface area (Å²) < 4.78 is 13.1. The van der Waals surface area contributed by atoms with Gasteiger partial charge < -0.3 is 15.1 Å². The molecule has 2 aliphatic heterocycles. The van der Waals surface area contributed by atoms with Gasteiger partial charge in [0.15, 0.2) is 0 Å². The summed E-state index contributed by atoms with van der Waals surface area (Å²) >= 11 is 0. The molecule has 0 bridgehead atoms. The maximum Gasteiger partial charge on any atom is 0.254 e. The Kier molecular flexibility index (Phi) is 7.20. The number of carbonyl (C=O) groups is 2. The Morgan fingerprint density at radius 2 is 1.97 bits per heavy atom. The molecule has 1 atom stereocenters. The summed E-state index contributed by atoms with van der Waals surface area (Å²) in [5.41, 5.74) is 2.90. The second kappa shape index (κ2) is 10.3. The van der Waals surface area contributed by atoms with Crippen molar-refractivity contribution in [3.05, 3.63) is 70.5 Å². The molecule has 4 rings (SSSR count). The number of nitrogens with one attached hydrogen (secondary N) is 1. The van der Waals surface area contributed by atoms with Crippen LogP contribution >= 0.6 is 0 Å². The van der Waals surface area contributed by atoms with E-state index in [-0.39, 0.29) is 17.6 Å². The van der Waals surface area contributed by atoms with Gasteiger partial charge in [-0.2, -0.15) is 0 Å². The number of halogens is 1. The van der Waals surface area contributed by atoms with Gasteiger partial charge in [0.25, 0.3) is 11.8 Å². The molecule has 1 N–H and O–H groups in total. The van der Waals surface area contributed by atoms with Crippen LogP contribution in [0.15, 0.2) is 42.5 Å². The zero-order valence-corrected chi connectivity index (χ0v) is 18.8. The first-order chi connectivity index (χ1) is 15.5. The number of rotatable bonds is 8. The topological polar surface area (TPSA) is 52.7 Å². The van der Waals surface area contributed by atoms with Crippen molar-refractivity contribution in [2.75, 3.05) is 19.6 Å². The van der Waals surface area contributed by atoms with Crippen LogP contribution in [-0.2, 0) is 13.1 Å². The molecule has 1 fully saturated rings. The van der Waals surface area contributed by atoms with Crippen LogP contribution in [0.2, 0.25) is 0 Å². The average molecular weight is 438 g/mol. The number of carbonyl (C=O) groups excluding carboxylic acids is 2. The number of amides is 2. The van der Waals surface area contributed by atoms with Crippen LogP contribution in [0, 0.1) is 5.82 Å². The van der Waals surface area contributed by atoms with E-state index in [1.165, 1.54) is 37.8 Å². The largest absolute Gasteiger partial charge is 0.352 e. The van der Waals surface area contributed by atoms with Gasteiger partial charge in [-0.1, -0.05) is 31.5 Å². The van der Waals surface area contributed by atoms with E-state index in [2.05, 4.69) is 17.1 Å².